The Bertz CT molecular complexity index is 302. The van der Waals surface area contributed by atoms with E-state index in [1.54, 1.807) is 0 Å². The second-order valence-corrected chi connectivity index (χ2v) is 3.63. The van der Waals surface area contributed by atoms with Gasteiger partial charge in [0, 0.05) is 18.7 Å². The van der Waals surface area contributed by atoms with Crippen LogP contribution in [0.3, 0.4) is 0 Å². The second kappa shape index (κ2) is 4.11. The average molecular weight is 195 g/mol. The van der Waals surface area contributed by atoms with Crippen molar-refractivity contribution < 1.29 is 4.74 Å². The normalized spacial score (nSPS) is 22.6. The highest BCUT2D eigenvalue weighted by molar-refractivity contribution is 5.17. The van der Waals surface area contributed by atoms with Crippen LogP contribution in [0.5, 0.6) is 0 Å². The molecule has 1 unspecified atom stereocenters. The Morgan fingerprint density at radius 3 is 3.00 bits per heavy atom. The van der Waals surface area contributed by atoms with Crippen molar-refractivity contribution in [2.75, 3.05) is 19.8 Å². The predicted molar refractivity (Wildman–Crippen MR) is 54.3 cm³/mol. The summed E-state index contributed by atoms with van der Waals surface area (Å²) in [6, 6.07) is 0.264. The molecule has 2 heterocycles. The van der Waals surface area contributed by atoms with E-state index in [0.717, 1.165) is 43.4 Å². The number of hydrogen-bond acceptors (Lipinski definition) is 3. The van der Waals surface area contributed by atoms with E-state index in [0.29, 0.717) is 0 Å². The van der Waals surface area contributed by atoms with Crippen LogP contribution in [0.1, 0.15) is 30.2 Å². The molecule has 0 aliphatic carbocycles. The standard InChI is InChI=1S/C10H17N3O/c1-3-9-12-7(2)10(13-9)8-6-14-5-4-11-8/h8,11H,3-6H2,1-2H3,(H,12,13). The van der Waals surface area contributed by atoms with Crippen LogP contribution in [0.25, 0.3) is 0 Å². The van der Waals surface area contributed by atoms with Gasteiger partial charge < -0.3 is 15.0 Å². The summed E-state index contributed by atoms with van der Waals surface area (Å²) >= 11 is 0. The number of H-pyrrole nitrogens is 1. The molecule has 0 spiro atoms. The van der Waals surface area contributed by atoms with Crippen molar-refractivity contribution in [1.29, 1.82) is 0 Å². The van der Waals surface area contributed by atoms with Crippen molar-refractivity contribution in [3.05, 3.63) is 17.2 Å². The summed E-state index contributed by atoms with van der Waals surface area (Å²) in [7, 11) is 0. The number of aromatic nitrogens is 2. The van der Waals surface area contributed by atoms with Crippen LogP contribution >= 0.6 is 0 Å². The number of morpholine rings is 1. The molecule has 1 fully saturated rings. The molecule has 1 aromatic heterocycles. The van der Waals surface area contributed by atoms with Crippen LogP contribution in [0.15, 0.2) is 0 Å². The fraction of sp³-hybridized carbons (Fsp3) is 0.700. The molecule has 1 atom stereocenters. The predicted octanol–water partition coefficient (Wildman–Crippen LogP) is 0.941. The molecule has 0 bridgehead atoms. The summed E-state index contributed by atoms with van der Waals surface area (Å²) in [6.07, 6.45) is 0.953. The minimum atomic E-state index is 0.264. The highest BCUT2D eigenvalue weighted by atomic mass is 16.5. The lowest BCUT2D eigenvalue weighted by molar-refractivity contribution is 0.0755. The van der Waals surface area contributed by atoms with Gasteiger partial charge in [-0.05, 0) is 6.92 Å². The smallest absolute Gasteiger partial charge is 0.106 e. The Hall–Kier alpha value is -0.870. The van der Waals surface area contributed by atoms with Crippen LogP contribution < -0.4 is 5.32 Å². The first-order valence-corrected chi connectivity index (χ1v) is 5.17. The Kier molecular flexibility index (Phi) is 2.84. The van der Waals surface area contributed by atoms with Crippen molar-refractivity contribution in [3.63, 3.8) is 0 Å². The van der Waals surface area contributed by atoms with Gasteiger partial charge >= 0.3 is 0 Å². The third-order valence-corrected chi connectivity index (χ3v) is 2.56. The molecule has 0 radical (unpaired) electrons. The SMILES string of the molecule is CCc1nc(C2COCCN2)c(C)[nH]1. The maximum absolute atomic E-state index is 5.42. The van der Waals surface area contributed by atoms with E-state index in [-0.39, 0.29) is 6.04 Å². The second-order valence-electron chi connectivity index (χ2n) is 3.63. The Balaban J connectivity index is 2.17. The average Bonchev–Trinajstić information content (AvgIpc) is 2.61. The molecule has 0 aromatic carbocycles. The number of nitrogens with zero attached hydrogens (tertiary/aromatic N) is 1. The summed E-state index contributed by atoms with van der Waals surface area (Å²) in [5, 5.41) is 3.41. The van der Waals surface area contributed by atoms with Crippen LogP contribution in [0, 0.1) is 6.92 Å². The van der Waals surface area contributed by atoms with Gasteiger partial charge in [-0.2, -0.15) is 0 Å². The van der Waals surface area contributed by atoms with E-state index in [4.69, 9.17) is 4.74 Å². The number of ether oxygens (including phenoxy) is 1. The summed E-state index contributed by atoms with van der Waals surface area (Å²) in [5.41, 5.74) is 2.27. The molecule has 2 rings (SSSR count). The Labute approximate surface area is 84.1 Å². The summed E-state index contributed by atoms with van der Waals surface area (Å²) < 4.78 is 5.42. The number of nitrogens with one attached hydrogen (secondary N) is 2. The maximum atomic E-state index is 5.42. The molecule has 1 aromatic rings. The van der Waals surface area contributed by atoms with Crippen molar-refractivity contribution in [3.8, 4) is 0 Å². The zero-order chi connectivity index (χ0) is 9.97. The molecule has 78 valence electrons. The molecule has 14 heavy (non-hydrogen) atoms. The number of aromatic amines is 1. The molecular formula is C10H17N3O. The van der Waals surface area contributed by atoms with Gasteiger partial charge in [0.1, 0.15) is 5.82 Å². The third kappa shape index (κ3) is 1.81. The number of aryl methyl sites for hydroxylation is 2. The summed E-state index contributed by atoms with van der Waals surface area (Å²) in [5.74, 6) is 1.06. The zero-order valence-corrected chi connectivity index (χ0v) is 8.76. The van der Waals surface area contributed by atoms with Gasteiger partial charge in [-0.25, -0.2) is 4.98 Å². The van der Waals surface area contributed by atoms with Gasteiger partial charge in [0.2, 0.25) is 0 Å². The fourth-order valence-electron chi connectivity index (χ4n) is 1.79. The topological polar surface area (TPSA) is 49.9 Å². The lowest BCUT2D eigenvalue weighted by atomic mass is 10.2. The third-order valence-electron chi connectivity index (χ3n) is 2.56. The minimum Gasteiger partial charge on any atom is -0.378 e. The van der Waals surface area contributed by atoms with E-state index in [2.05, 4.69) is 29.1 Å². The molecule has 1 saturated heterocycles. The zero-order valence-electron chi connectivity index (χ0n) is 8.76. The molecular weight excluding hydrogens is 178 g/mol. The molecule has 1 aliphatic heterocycles. The molecule has 0 saturated carbocycles. The number of imidazole rings is 1. The van der Waals surface area contributed by atoms with Crippen LogP contribution in [0.4, 0.5) is 0 Å². The van der Waals surface area contributed by atoms with E-state index >= 15 is 0 Å². The van der Waals surface area contributed by atoms with E-state index in [1.165, 1.54) is 0 Å². The lowest BCUT2D eigenvalue weighted by Crippen LogP contribution is -2.35. The van der Waals surface area contributed by atoms with Crippen molar-refractivity contribution in [2.45, 2.75) is 26.3 Å². The van der Waals surface area contributed by atoms with Crippen LogP contribution in [-0.4, -0.2) is 29.7 Å². The number of hydrogen-bond donors (Lipinski definition) is 2. The van der Waals surface area contributed by atoms with Gasteiger partial charge in [0.25, 0.3) is 0 Å². The van der Waals surface area contributed by atoms with Crippen LogP contribution in [-0.2, 0) is 11.2 Å². The van der Waals surface area contributed by atoms with Crippen LogP contribution in [0.2, 0.25) is 0 Å². The molecule has 1 aliphatic rings. The first kappa shape index (κ1) is 9.68. The van der Waals surface area contributed by atoms with Gasteiger partial charge in [-0.1, -0.05) is 6.92 Å². The fourth-order valence-corrected chi connectivity index (χ4v) is 1.79. The molecule has 4 heteroatoms. The maximum Gasteiger partial charge on any atom is 0.106 e. The van der Waals surface area contributed by atoms with Crippen molar-refractivity contribution in [2.24, 2.45) is 0 Å². The van der Waals surface area contributed by atoms with E-state index in [1.807, 2.05) is 0 Å². The van der Waals surface area contributed by atoms with E-state index < -0.39 is 0 Å². The lowest BCUT2D eigenvalue weighted by Gasteiger charge is -2.22. The summed E-state index contributed by atoms with van der Waals surface area (Å²) in [6.45, 7) is 6.62. The quantitative estimate of drug-likeness (QED) is 0.738. The van der Waals surface area contributed by atoms with Crippen molar-refractivity contribution >= 4 is 0 Å². The van der Waals surface area contributed by atoms with Gasteiger partial charge in [0.05, 0.1) is 24.9 Å². The Morgan fingerprint density at radius 2 is 2.43 bits per heavy atom. The largest absolute Gasteiger partial charge is 0.378 e. The first-order chi connectivity index (χ1) is 6.81. The van der Waals surface area contributed by atoms with Crippen molar-refractivity contribution in [1.82, 2.24) is 15.3 Å². The van der Waals surface area contributed by atoms with Gasteiger partial charge in [0.15, 0.2) is 0 Å². The minimum absolute atomic E-state index is 0.264. The molecule has 4 nitrogen and oxygen atoms in total. The monoisotopic (exact) mass is 195 g/mol. The molecule has 2 N–H and O–H groups in total. The number of rotatable bonds is 2. The van der Waals surface area contributed by atoms with Gasteiger partial charge in [-0.15, -0.1) is 0 Å². The summed E-state index contributed by atoms with van der Waals surface area (Å²) in [4.78, 5) is 7.84. The van der Waals surface area contributed by atoms with Gasteiger partial charge in [-0.3, -0.25) is 0 Å². The van der Waals surface area contributed by atoms with E-state index in [9.17, 15) is 0 Å². The molecule has 0 amide bonds. The first-order valence-electron chi connectivity index (χ1n) is 5.17. The highest BCUT2D eigenvalue weighted by Gasteiger charge is 2.20. The highest BCUT2D eigenvalue weighted by Crippen LogP contribution is 2.17. The Morgan fingerprint density at radius 1 is 1.57 bits per heavy atom.